The molecule has 0 amide bonds. The lowest BCUT2D eigenvalue weighted by molar-refractivity contribution is -0.275. The predicted molar refractivity (Wildman–Crippen MR) is 60.6 cm³/mol. The molecule has 0 aromatic heterocycles. The van der Waals surface area contributed by atoms with Crippen LogP contribution < -0.4 is 15.9 Å². The third kappa shape index (κ3) is 4.53. The zero-order chi connectivity index (χ0) is 13.8. The zero-order valence-corrected chi connectivity index (χ0v) is 9.48. The van der Waals surface area contributed by atoms with Crippen LogP contribution in [0.15, 0.2) is 23.3 Å². The van der Waals surface area contributed by atoms with E-state index in [1.807, 2.05) is 0 Å². The summed E-state index contributed by atoms with van der Waals surface area (Å²) in [6.45, 7) is 0. The number of nitrogens with two attached hydrogens (primary N) is 1. The Hall–Kier alpha value is -1.90. The van der Waals surface area contributed by atoms with Crippen molar-refractivity contribution in [3.05, 3.63) is 29.6 Å². The normalized spacial score (nSPS) is 11.6. The molecular formula is C9H7F4N3OS. The molecular weight excluding hydrogens is 274 g/mol. The monoisotopic (exact) mass is 281 g/mol. The van der Waals surface area contributed by atoms with E-state index in [0.717, 1.165) is 12.3 Å². The molecule has 0 aliphatic rings. The van der Waals surface area contributed by atoms with E-state index in [1.54, 1.807) is 0 Å². The molecule has 1 rings (SSSR count). The molecule has 0 radical (unpaired) electrons. The molecule has 1 aromatic carbocycles. The van der Waals surface area contributed by atoms with Crippen molar-refractivity contribution < 1.29 is 22.3 Å². The second kappa shape index (κ2) is 5.63. The quantitative estimate of drug-likeness (QED) is 0.384. The molecule has 0 spiro atoms. The highest BCUT2D eigenvalue weighted by molar-refractivity contribution is 7.80. The van der Waals surface area contributed by atoms with Crippen LogP contribution in [0.1, 0.15) is 5.56 Å². The largest absolute Gasteiger partial charge is 0.573 e. The van der Waals surface area contributed by atoms with Gasteiger partial charge < -0.3 is 10.5 Å². The number of halogens is 4. The van der Waals surface area contributed by atoms with Gasteiger partial charge in [0.1, 0.15) is 0 Å². The van der Waals surface area contributed by atoms with Crippen LogP contribution in [0.5, 0.6) is 5.75 Å². The van der Waals surface area contributed by atoms with Gasteiger partial charge in [0.15, 0.2) is 16.7 Å². The maximum atomic E-state index is 13.5. The summed E-state index contributed by atoms with van der Waals surface area (Å²) >= 11 is 4.43. The van der Waals surface area contributed by atoms with E-state index in [9.17, 15) is 17.6 Å². The third-order valence-electron chi connectivity index (χ3n) is 1.60. The summed E-state index contributed by atoms with van der Waals surface area (Å²) < 4.78 is 52.8. The lowest BCUT2D eigenvalue weighted by Gasteiger charge is -2.10. The SMILES string of the molecule is NC(=S)NN=Cc1cccc(OC(F)(F)F)c1F. The standard InChI is InChI=1S/C9H7F4N3OS/c10-7-5(4-15-16-8(14)18)2-1-3-6(7)17-9(11,12)13/h1-4H,(H3,14,16,18). The Morgan fingerprint density at radius 1 is 1.44 bits per heavy atom. The summed E-state index contributed by atoms with van der Waals surface area (Å²) in [7, 11) is 0. The fourth-order valence-electron chi connectivity index (χ4n) is 0.996. The fraction of sp³-hybridized carbons (Fsp3) is 0.111. The smallest absolute Gasteiger partial charge is 0.403 e. The van der Waals surface area contributed by atoms with Crippen LogP contribution in [0.2, 0.25) is 0 Å². The van der Waals surface area contributed by atoms with Gasteiger partial charge in [-0.05, 0) is 18.3 Å². The number of hydrazone groups is 1. The highest BCUT2D eigenvalue weighted by Gasteiger charge is 2.32. The van der Waals surface area contributed by atoms with E-state index in [2.05, 4.69) is 27.5 Å². The third-order valence-corrected chi connectivity index (χ3v) is 1.69. The van der Waals surface area contributed by atoms with Gasteiger partial charge in [-0.2, -0.15) is 5.10 Å². The number of rotatable bonds is 3. The van der Waals surface area contributed by atoms with Crippen LogP contribution in [-0.2, 0) is 0 Å². The topological polar surface area (TPSA) is 59.6 Å². The molecule has 4 nitrogen and oxygen atoms in total. The summed E-state index contributed by atoms with van der Waals surface area (Å²) in [6.07, 6.45) is -4.04. The molecule has 0 saturated carbocycles. The molecule has 0 saturated heterocycles. The lowest BCUT2D eigenvalue weighted by atomic mass is 10.2. The van der Waals surface area contributed by atoms with Gasteiger partial charge in [-0.1, -0.05) is 12.1 Å². The fourth-order valence-corrected chi connectivity index (χ4v) is 1.05. The molecule has 1 aromatic rings. The minimum atomic E-state index is -4.96. The Labute approximate surface area is 104 Å². The van der Waals surface area contributed by atoms with Crippen LogP contribution >= 0.6 is 12.2 Å². The highest BCUT2D eigenvalue weighted by Crippen LogP contribution is 2.26. The predicted octanol–water partition coefficient (Wildman–Crippen LogP) is 1.89. The lowest BCUT2D eigenvalue weighted by Crippen LogP contribution is -2.24. The molecule has 0 bridgehead atoms. The van der Waals surface area contributed by atoms with Gasteiger partial charge in [0.25, 0.3) is 0 Å². The Morgan fingerprint density at radius 3 is 2.67 bits per heavy atom. The summed E-state index contributed by atoms with van der Waals surface area (Å²) in [5, 5.41) is 3.26. The van der Waals surface area contributed by atoms with Crippen molar-refractivity contribution >= 4 is 23.5 Å². The van der Waals surface area contributed by atoms with Gasteiger partial charge in [-0.3, -0.25) is 5.43 Å². The number of hydrogen-bond donors (Lipinski definition) is 2. The second-order valence-electron chi connectivity index (χ2n) is 2.94. The number of alkyl halides is 3. The summed E-state index contributed by atoms with van der Waals surface area (Å²) in [5.41, 5.74) is 6.98. The van der Waals surface area contributed by atoms with Crippen LogP contribution in [0.3, 0.4) is 0 Å². The van der Waals surface area contributed by atoms with E-state index in [4.69, 9.17) is 5.73 Å². The Morgan fingerprint density at radius 2 is 2.11 bits per heavy atom. The van der Waals surface area contributed by atoms with Gasteiger partial charge in [-0.15, -0.1) is 13.2 Å². The van der Waals surface area contributed by atoms with Crippen LogP contribution in [-0.4, -0.2) is 17.7 Å². The number of benzene rings is 1. The van der Waals surface area contributed by atoms with Crippen molar-refractivity contribution in [2.75, 3.05) is 0 Å². The van der Waals surface area contributed by atoms with E-state index in [-0.39, 0.29) is 10.7 Å². The first-order valence-corrected chi connectivity index (χ1v) is 4.83. The number of ether oxygens (including phenoxy) is 1. The molecule has 3 N–H and O–H groups in total. The first kappa shape index (κ1) is 14.2. The van der Waals surface area contributed by atoms with Crippen LogP contribution in [0.4, 0.5) is 17.6 Å². The molecule has 18 heavy (non-hydrogen) atoms. The second-order valence-corrected chi connectivity index (χ2v) is 3.38. The molecule has 98 valence electrons. The van der Waals surface area contributed by atoms with Crippen molar-refractivity contribution in [2.45, 2.75) is 6.36 Å². The van der Waals surface area contributed by atoms with E-state index < -0.39 is 17.9 Å². The number of nitrogens with one attached hydrogen (secondary N) is 1. The minimum absolute atomic E-state index is 0.158. The Kier molecular flexibility index (Phi) is 4.43. The first-order chi connectivity index (χ1) is 8.29. The average molecular weight is 281 g/mol. The van der Waals surface area contributed by atoms with Gasteiger partial charge in [0, 0.05) is 5.56 Å². The van der Waals surface area contributed by atoms with Gasteiger partial charge in [0.2, 0.25) is 0 Å². The number of thiocarbonyl (C=S) groups is 1. The molecule has 0 atom stereocenters. The first-order valence-electron chi connectivity index (χ1n) is 4.42. The van der Waals surface area contributed by atoms with Gasteiger partial charge >= 0.3 is 6.36 Å². The maximum Gasteiger partial charge on any atom is 0.573 e. The summed E-state index contributed by atoms with van der Waals surface area (Å²) in [5.74, 6) is -2.13. The molecule has 0 unspecified atom stereocenters. The van der Waals surface area contributed by atoms with Crippen molar-refractivity contribution in [2.24, 2.45) is 10.8 Å². The maximum absolute atomic E-state index is 13.5. The molecule has 0 heterocycles. The number of nitrogens with zero attached hydrogens (tertiary/aromatic N) is 1. The summed E-state index contributed by atoms with van der Waals surface area (Å²) in [6, 6.07) is 3.25. The van der Waals surface area contributed by atoms with Crippen LogP contribution in [0.25, 0.3) is 0 Å². The highest BCUT2D eigenvalue weighted by atomic mass is 32.1. The molecule has 0 fully saturated rings. The number of hydrogen-bond acceptors (Lipinski definition) is 3. The molecule has 0 aliphatic heterocycles. The van der Waals surface area contributed by atoms with E-state index in [1.165, 1.54) is 12.1 Å². The summed E-state index contributed by atoms with van der Waals surface area (Å²) in [4.78, 5) is 0. The van der Waals surface area contributed by atoms with Crippen molar-refractivity contribution in [3.63, 3.8) is 0 Å². The van der Waals surface area contributed by atoms with Crippen LogP contribution in [0, 0.1) is 5.82 Å². The Bertz CT molecular complexity index is 475. The zero-order valence-electron chi connectivity index (χ0n) is 8.66. The van der Waals surface area contributed by atoms with Crippen molar-refractivity contribution in [1.82, 2.24) is 5.43 Å². The molecule has 0 aliphatic carbocycles. The van der Waals surface area contributed by atoms with Gasteiger partial charge in [-0.25, -0.2) is 4.39 Å². The van der Waals surface area contributed by atoms with E-state index >= 15 is 0 Å². The van der Waals surface area contributed by atoms with Gasteiger partial charge in [0.05, 0.1) is 6.21 Å². The van der Waals surface area contributed by atoms with Crippen molar-refractivity contribution in [1.29, 1.82) is 0 Å². The van der Waals surface area contributed by atoms with E-state index in [0.29, 0.717) is 0 Å². The minimum Gasteiger partial charge on any atom is -0.403 e. The van der Waals surface area contributed by atoms with Crippen molar-refractivity contribution in [3.8, 4) is 5.75 Å². The molecule has 9 heteroatoms. The Balaban J connectivity index is 2.91. The average Bonchev–Trinajstić information content (AvgIpc) is 2.21.